The summed E-state index contributed by atoms with van der Waals surface area (Å²) in [7, 11) is 0. The van der Waals surface area contributed by atoms with Crippen LogP contribution in [0.25, 0.3) is 11.1 Å². The Morgan fingerprint density at radius 3 is 2.47 bits per heavy atom. The van der Waals surface area contributed by atoms with Crippen LogP contribution in [0.4, 0.5) is 10.1 Å². The van der Waals surface area contributed by atoms with Crippen molar-refractivity contribution in [2.45, 2.75) is 25.2 Å². The van der Waals surface area contributed by atoms with E-state index in [-0.39, 0.29) is 18.1 Å². The topological polar surface area (TPSA) is 38.3 Å². The molecular formula is C29H26FNO2S. The largest absolute Gasteiger partial charge is 0.457 e. The highest BCUT2D eigenvalue weighted by atomic mass is 32.2. The van der Waals surface area contributed by atoms with Gasteiger partial charge in [0.25, 0.3) is 0 Å². The van der Waals surface area contributed by atoms with Gasteiger partial charge in [0.15, 0.2) is 0 Å². The fourth-order valence-electron chi connectivity index (χ4n) is 3.65. The fraction of sp³-hybridized carbons (Fsp3) is 0.138. The van der Waals surface area contributed by atoms with Gasteiger partial charge >= 0.3 is 0 Å². The third kappa shape index (κ3) is 6.27. The first kappa shape index (κ1) is 23.6. The zero-order chi connectivity index (χ0) is 23.9. The van der Waals surface area contributed by atoms with Gasteiger partial charge in [0.2, 0.25) is 5.91 Å². The van der Waals surface area contributed by atoms with Crippen molar-refractivity contribution in [3.63, 3.8) is 0 Å². The van der Waals surface area contributed by atoms with Crippen LogP contribution in [0.2, 0.25) is 0 Å². The average Bonchev–Trinajstić information content (AvgIpc) is 2.81. The predicted molar refractivity (Wildman–Crippen MR) is 138 cm³/mol. The molecule has 0 saturated carbocycles. The minimum Gasteiger partial charge on any atom is -0.457 e. The molecular weight excluding hydrogens is 445 g/mol. The van der Waals surface area contributed by atoms with Gasteiger partial charge in [-0.3, -0.25) is 4.79 Å². The van der Waals surface area contributed by atoms with E-state index in [4.69, 9.17) is 4.74 Å². The lowest BCUT2D eigenvalue weighted by Gasteiger charge is -2.15. The molecule has 3 nitrogen and oxygen atoms in total. The SMILES string of the molecule is CCSc1ccc(CC(=O)Nc2ccc(-c3cccc(C)c3)c(Oc3cccc(F)c3)c2)cc1. The molecule has 0 heterocycles. The van der Waals surface area contributed by atoms with Crippen molar-refractivity contribution in [3.8, 4) is 22.6 Å². The Labute approximate surface area is 204 Å². The number of amides is 1. The van der Waals surface area contributed by atoms with Crippen molar-refractivity contribution in [2.24, 2.45) is 0 Å². The second kappa shape index (κ2) is 11.0. The predicted octanol–water partition coefficient (Wildman–Crippen LogP) is 7.89. The second-order valence-electron chi connectivity index (χ2n) is 7.94. The van der Waals surface area contributed by atoms with Gasteiger partial charge in [-0.1, -0.05) is 55.0 Å². The highest BCUT2D eigenvalue weighted by molar-refractivity contribution is 7.99. The lowest BCUT2D eigenvalue weighted by atomic mass is 10.0. The molecule has 0 aliphatic rings. The average molecular weight is 472 g/mol. The maximum atomic E-state index is 13.7. The van der Waals surface area contributed by atoms with Crippen molar-refractivity contribution in [2.75, 3.05) is 11.1 Å². The molecule has 0 radical (unpaired) electrons. The van der Waals surface area contributed by atoms with Gasteiger partial charge in [-0.25, -0.2) is 4.39 Å². The van der Waals surface area contributed by atoms with Gasteiger partial charge in [-0.15, -0.1) is 11.8 Å². The summed E-state index contributed by atoms with van der Waals surface area (Å²) in [6.07, 6.45) is 0.275. The van der Waals surface area contributed by atoms with Gasteiger partial charge in [0.1, 0.15) is 17.3 Å². The fourth-order valence-corrected chi connectivity index (χ4v) is 4.32. The smallest absolute Gasteiger partial charge is 0.228 e. The summed E-state index contributed by atoms with van der Waals surface area (Å²) in [5.74, 6) is 1.45. The van der Waals surface area contributed by atoms with Crippen LogP contribution in [0, 0.1) is 12.7 Å². The molecule has 0 saturated heterocycles. The van der Waals surface area contributed by atoms with Gasteiger partial charge in [-0.2, -0.15) is 0 Å². The Kier molecular flexibility index (Phi) is 7.65. The molecule has 1 amide bonds. The molecule has 0 unspecified atom stereocenters. The first-order valence-corrected chi connectivity index (χ1v) is 12.1. The highest BCUT2D eigenvalue weighted by Crippen LogP contribution is 2.36. The summed E-state index contributed by atoms with van der Waals surface area (Å²) in [6, 6.07) is 27.7. The third-order valence-corrected chi connectivity index (χ3v) is 6.11. The molecule has 172 valence electrons. The van der Waals surface area contributed by atoms with E-state index in [2.05, 4.69) is 18.3 Å². The standard InChI is InChI=1S/C29H26FNO2S/c1-3-34-26-13-10-21(11-14-26)17-29(32)31-24-12-15-27(22-7-4-6-20(2)16-22)28(19-24)33-25-9-5-8-23(30)18-25/h4-16,18-19H,3,17H2,1-2H3,(H,31,32). The summed E-state index contributed by atoms with van der Waals surface area (Å²) < 4.78 is 19.8. The third-order valence-electron chi connectivity index (χ3n) is 5.22. The van der Waals surface area contributed by atoms with E-state index >= 15 is 0 Å². The molecule has 0 spiro atoms. The van der Waals surface area contributed by atoms with Crippen LogP contribution in [0.1, 0.15) is 18.1 Å². The first-order valence-electron chi connectivity index (χ1n) is 11.2. The summed E-state index contributed by atoms with van der Waals surface area (Å²) in [6.45, 7) is 4.14. The molecule has 0 aliphatic carbocycles. The number of ether oxygens (including phenoxy) is 1. The van der Waals surface area contributed by atoms with Crippen LogP contribution in [-0.2, 0) is 11.2 Å². The molecule has 4 aromatic rings. The summed E-state index contributed by atoms with van der Waals surface area (Å²) in [4.78, 5) is 13.9. The molecule has 5 heteroatoms. The molecule has 0 fully saturated rings. The van der Waals surface area contributed by atoms with Crippen LogP contribution in [0.15, 0.2) is 95.9 Å². The lowest BCUT2D eigenvalue weighted by Crippen LogP contribution is -2.14. The number of carbonyl (C=O) groups excluding carboxylic acids is 1. The molecule has 4 rings (SSSR count). The zero-order valence-electron chi connectivity index (χ0n) is 19.2. The summed E-state index contributed by atoms with van der Waals surface area (Å²) >= 11 is 1.77. The maximum Gasteiger partial charge on any atom is 0.228 e. The maximum absolute atomic E-state index is 13.7. The molecule has 0 atom stereocenters. The number of hydrogen-bond donors (Lipinski definition) is 1. The Morgan fingerprint density at radius 1 is 0.941 bits per heavy atom. The van der Waals surface area contributed by atoms with E-state index in [1.54, 1.807) is 30.0 Å². The Bertz CT molecular complexity index is 1290. The number of nitrogens with one attached hydrogen (secondary N) is 1. The normalized spacial score (nSPS) is 10.7. The van der Waals surface area contributed by atoms with E-state index in [9.17, 15) is 9.18 Å². The van der Waals surface area contributed by atoms with E-state index in [0.29, 0.717) is 17.2 Å². The Hall–Kier alpha value is -3.57. The number of thioether (sulfide) groups is 1. The molecule has 0 aliphatic heterocycles. The van der Waals surface area contributed by atoms with Crippen LogP contribution >= 0.6 is 11.8 Å². The quantitative estimate of drug-likeness (QED) is 0.266. The second-order valence-corrected chi connectivity index (χ2v) is 9.28. The molecule has 0 bridgehead atoms. The Morgan fingerprint density at radius 2 is 1.74 bits per heavy atom. The molecule has 34 heavy (non-hydrogen) atoms. The molecule has 0 aromatic heterocycles. The van der Waals surface area contributed by atoms with E-state index in [1.807, 2.05) is 61.5 Å². The van der Waals surface area contributed by atoms with Crippen molar-refractivity contribution < 1.29 is 13.9 Å². The van der Waals surface area contributed by atoms with Crippen molar-refractivity contribution >= 4 is 23.4 Å². The Balaban J connectivity index is 1.57. The number of hydrogen-bond acceptors (Lipinski definition) is 3. The monoisotopic (exact) mass is 471 g/mol. The number of carbonyl (C=O) groups is 1. The summed E-state index contributed by atoms with van der Waals surface area (Å²) in [5.41, 5.74) is 4.52. The number of anilines is 1. The van der Waals surface area contributed by atoms with Crippen LogP contribution in [0.3, 0.4) is 0 Å². The van der Waals surface area contributed by atoms with E-state index in [0.717, 1.165) is 28.0 Å². The van der Waals surface area contributed by atoms with Gasteiger partial charge in [-0.05, 0) is 60.2 Å². The van der Waals surface area contributed by atoms with Gasteiger partial charge in [0.05, 0.1) is 6.42 Å². The van der Waals surface area contributed by atoms with E-state index in [1.165, 1.54) is 17.0 Å². The van der Waals surface area contributed by atoms with Crippen LogP contribution < -0.4 is 10.1 Å². The number of aryl methyl sites for hydroxylation is 1. The van der Waals surface area contributed by atoms with Crippen LogP contribution in [0.5, 0.6) is 11.5 Å². The minimum absolute atomic E-state index is 0.115. The van der Waals surface area contributed by atoms with Gasteiger partial charge in [0, 0.05) is 28.3 Å². The number of halogens is 1. The summed E-state index contributed by atoms with van der Waals surface area (Å²) in [5, 5.41) is 2.96. The zero-order valence-corrected chi connectivity index (χ0v) is 20.0. The highest BCUT2D eigenvalue weighted by Gasteiger charge is 2.12. The number of benzene rings is 4. The van der Waals surface area contributed by atoms with Crippen molar-refractivity contribution in [1.82, 2.24) is 0 Å². The molecule has 1 N–H and O–H groups in total. The van der Waals surface area contributed by atoms with Crippen molar-refractivity contribution in [1.29, 1.82) is 0 Å². The number of rotatable bonds is 8. The van der Waals surface area contributed by atoms with Crippen LogP contribution in [-0.4, -0.2) is 11.7 Å². The van der Waals surface area contributed by atoms with E-state index < -0.39 is 0 Å². The van der Waals surface area contributed by atoms with Crippen molar-refractivity contribution in [3.05, 3.63) is 108 Å². The molecule has 4 aromatic carbocycles. The van der Waals surface area contributed by atoms with Gasteiger partial charge < -0.3 is 10.1 Å². The first-order chi connectivity index (χ1) is 16.5. The minimum atomic E-state index is -0.373. The lowest BCUT2D eigenvalue weighted by molar-refractivity contribution is -0.115.